The summed E-state index contributed by atoms with van der Waals surface area (Å²) in [6, 6.07) is 8.39. The molecule has 0 aliphatic carbocycles. The zero-order valence-electron chi connectivity index (χ0n) is 8.33. The third kappa shape index (κ3) is 4.36. The lowest BCUT2D eigenvalue weighted by atomic mass is 10.2. The number of methoxy groups -OCH3 is 1. The van der Waals surface area contributed by atoms with Crippen molar-refractivity contribution in [1.29, 1.82) is 0 Å². The van der Waals surface area contributed by atoms with Crippen molar-refractivity contribution in [2.45, 2.75) is 17.2 Å². The van der Waals surface area contributed by atoms with E-state index in [2.05, 4.69) is 24.3 Å². The lowest BCUT2D eigenvalue weighted by Gasteiger charge is -2.02. The number of ether oxygens (including phenoxy) is 1. The van der Waals surface area contributed by atoms with Gasteiger partial charge in [0, 0.05) is 30.2 Å². The summed E-state index contributed by atoms with van der Waals surface area (Å²) in [7, 11) is 1.74. The van der Waals surface area contributed by atoms with Crippen molar-refractivity contribution >= 4 is 23.4 Å². The van der Waals surface area contributed by atoms with Crippen molar-refractivity contribution in [1.82, 2.24) is 0 Å². The maximum Gasteiger partial charge on any atom is 0.0474 e. The van der Waals surface area contributed by atoms with Crippen molar-refractivity contribution in [2.75, 3.05) is 19.5 Å². The summed E-state index contributed by atoms with van der Waals surface area (Å²) in [5.74, 6) is 1.70. The lowest BCUT2D eigenvalue weighted by Crippen LogP contribution is -1.90. The number of hydrogen-bond acceptors (Lipinski definition) is 2. The van der Waals surface area contributed by atoms with Crippen molar-refractivity contribution in [3.05, 3.63) is 29.8 Å². The van der Waals surface area contributed by atoms with Gasteiger partial charge in [-0.15, -0.1) is 23.4 Å². The molecule has 1 aromatic rings. The molecule has 0 aliphatic heterocycles. The zero-order valence-corrected chi connectivity index (χ0v) is 9.90. The summed E-state index contributed by atoms with van der Waals surface area (Å²) in [5.41, 5.74) is 1.17. The van der Waals surface area contributed by atoms with Gasteiger partial charge in [0.15, 0.2) is 0 Å². The first-order valence-electron chi connectivity index (χ1n) is 4.63. The smallest absolute Gasteiger partial charge is 0.0474 e. The molecule has 1 rings (SSSR count). The van der Waals surface area contributed by atoms with Crippen molar-refractivity contribution in [3.63, 3.8) is 0 Å². The fourth-order valence-electron chi connectivity index (χ4n) is 1.07. The van der Waals surface area contributed by atoms with E-state index in [1.807, 2.05) is 11.8 Å². The summed E-state index contributed by atoms with van der Waals surface area (Å²) < 4.78 is 4.99. The van der Waals surface area contributed by atoms with Gasteiger partial charge in [-0.25, -0.2) is 0 Å². The van der Waals surface area contributed by atoms with Crippen LogP contribution in [0.4, 0.5) is 0 Å². The minimum absolute atomic E-state index is 0.592. The molecular weight excluding hydrogens is 216 g/mol. The van der Waals surface area contributed by atoms with E-state index < -0.39 is 0 Å². The Morgan fingerprint density at radius 3 is 2.57 bits per heavy atom. The molecule has 3 heteroatoms. The first kappa shape index (κ1) is 11.9. The second-order valence-electron chi connectivity index (χ2n) is 2.97. The van der Waals surface area contributed by atoms with E-state index in [-0.39, 0.29) is 0 Å². The summed E-state index contributed by atoms with van der Waals surface area (Å²) in [4.78, 5) is 1.30. The molecule has 0 fully saturated rings. The van der Waals surface area contributed by atoms with E-state index in [1.165, 1.54) is 10.5 Å². The van der Waals surface area contributed by atoms with Gasteiger partial charge in [-0.1, -0.05) is 12.1 Å². The molecular formula is C11H15ClOS. The van der Waals surface area contributed by atoms with E-state index >= 15 is 0 Å². The summed E-state index contributed by atoms with van der Waals surface area (Å²) in [5, 5.41) is 0. The van der Waals surface area contributed by atoms with Crippen molar-refractivity contribution in [3.8, 4) is 0 Å². The Morgan fingerprint density at radius 1 is 1.29 bits per heavy atom. The maximum atomic E-state index is 5.70. The molecule has 0 aliphatic rings. The fraction of sp³-hybridized carbons (Fsp3) is 0.455. The van der Waals surface area contributed by atoms with Gasteiger partial charge in [-0.3, -0.25) is 0 Å². The van der Waals surface area contributed by atoms with Crippen LogP contribution in [0.2, 0.25) is 0 Å². The minimum Gasteiger partial charge on any atom is -0.385 e. The van der Waals surface area contributed by atoms with Gasteiger partial charge in [0.05, 0.1) is 0 Å². The van der Waals surface area contributed by atoms with Crippen LogP contribution in [0.5, 0.6) is 0 Å². The third-order valence-corrected chi connectivity index (χ3v) is 3.25. The number of rotatable bonds is 6. The van der Waals surface area contributed by atoms with Crippen LogP contribution in [-0.2, 0) is 10.6 Å². The van der Waals surface area contributed by atoms with Gasteiger partial charge in [0.1, 0.15) is 0 Å². The fourth-order valence-corrected chi connectivity index (χ4v) is 2.07. The third-order valence-electron chi connectivity index (χ3n) is 1.84. The Kier molecular flexibility index (Phi) is 6.08. The molecule has 0 bridgehead atoms. The van der Waals surface area contributed by atoms with Crippen LogP contribution in [0.25, 0.3) is 0 Å². The van der Waals surface area contributed by atoms with Crippen molar-refractivity contribution < 1.29 is 4.74 Å². The first-order chi connectivity index (χ1) is 6.86. The molecule has 78 valence electrons. The maximum absolute atomic E-state index is 5.70. The second-order valence-corrected chi connectivity index (χ2v) is 4.41. The monoisotopic (exact) mass is 230 g/mol. The highest BCUT2D eigenvalue weighted by Gasteiger charge is 1.94. The van der Waals surface area contributed by atoms with Gasteiger partial charge in [-0.2, -0.15) is 0 Å². The van der Waals surface area contributed by atoms with E-state index in [4.69, 9.17) is 16.3 Å². The molecule has 0 unspecified atom stereocenters. The molecule has 1 aromatic carbocycles. The predicted octanol–water partition coefficient (Wildman–Crippen LogP) is 3.55. The number of halogens is 1. The predicted molar refractivity (Wildman–Crippen MR) is 63.2 cm³/mol. The molecule has 1 nitrogen and oxygen atoms in total. The van der Waals surface area contributed by atoms with Gasteiger partial charge >= 0.3 is 0 Å². The first-order valence-corrected chi connectivity index (χ1v) is 6.15. The summed E-state index contributed by atoms with van der Waals surface area (Å²) in [6.07, 6.45) is 1.10. The minimum atomic E-state index is 0.592. The van der Waals surface area contributed by atoms with E-state index in [0.29, 0.717) is 5.88 Å². The molecule has 0 aromatic heterocycles. The van der Waals surface area contributed by atoms with Gasteiger partial charge in [0.2, 0.25) is 0 Å². The average molecular weight is 231 g/mol. The van der Waals surface area contributed by atoms with E-state index in [1.54, 1.807) is 7.11 Å². The van der Waals surface area contributed by atoms with Crippen LogP contribution in [0, 0.1) is 0 Å². The van der Waals surface area contributed by atoms with Gasteiger partial charge in [-0.05, 0) is 24.1 Å². The van der Waals surface area contributed by atoms with Crippen LogP contribution in [-0.4, -0.2) is 19.5 Å². The Bertz CT molecular complexity index is 248. The van der Waals surface area contributed by atoms with Crippen LogP contribution in [0.3, 0.4) is 0 Å². The summed E-state index contributed by atoms with van der Waals surface area (Å²) >= 11 is 7.56. The molecule has 0 N–H and O–H groups in total. The lowest BCUT2D eigenvalue weighted by molar-refractivity contribution is 0.200. The second kappa shape index (κ2) is 7.16. The Morgan fingerprint density at radius 2 is 2.00 bits per heavy atom. The van der Waals surface area contributed by atoms with E-state index in [0.717, 1.165) is 18.8 Å². The van der Waals surface area contributed by atoms with Crippen LogP contribution in [0.1, 0.15) is 12.0 Å². The van der Waals surface area contributed by atoms with Crippen LogP contribution >= 0.6 is 23.4 Å². The number of benzene rings is 1. The highest BCUT2D eigenvalue weighted by molar-refractivity contribution is 7.99. The largest absolute Gasteiger partial charge is 0.385 e. The number of thioether (sulfide) groups is 1. The molecule has 0 saturated heterocycles. The topological polar surface area (TPSA) is 9.23 Å². The number of hydrogen-bond donors (Lipinski definition) is 0. The average Bonchev–Trinajstić information content (AvgIpc) is 2.25. The standard InChI is InChI=1S/C11H15ClOS/c1-13-7-2-8-14-11-5-3-10(9-12)4-6-11/h3-6H,2,7-9H2,1H3. The van der Waals surface area contributed by atoms with Crippen LogP contribution in [0.15, 0.2) is 29.2 Å². The highest BCUT2D eigenvalue weighted by atomic mass is 35.5. The van der Waals surface area contributed by atoms with Gasteiger partial charge < -0.3 is 4.74 Å². The molecule has 0 atom stereocenters. The molecule has 14 heavy (non-hydrogen) atoms. The quantitative estimate of drug-likeness (QED) is 0.420. The number of alkyl halides is 1. The highest BCUT2D eigenvalue weighted by Crippen LogP contribution is 2.19. The van der Waals surface area contributed by atoms with Gasteiger partial charge in [0.25, 0.3) is 0 Å². The normalized spacial score (nSPS) is 10.4. The Hall–Kier alpha value is -0.180. The Balaban J connectivity index is 2.29. The molecule has 0 saturated carbocycles. The molecule has 0 amide bonds. The SMILES string of the molecule is COCCCSc1ccc(CCl)cc1. The molecule has 0 radical (unpaired) electrons. The summed E-state index contributed by atoms with van der Waals surface area (Å²) in [6.45, 7) is 0.840. The van der Waals surface area contributed by atoms with E-state index in [9.17, 15) is 0 Å². The molecule has 0 heterocycles. The zero-order chi connectivity index (χ0) is 10.2. The van der Waals surface area contributed by atoms with Crippen molar-refractivity contribution in [2.24, 2.45) is 0 Å². The molecule has 0 spiro atoms. The van der Waals surface area contributed by atoms with Crippen LogP contribution < -0.4 is 0 Å². The Labute approximate surface area is 94.8 Å².